The maximum Gasteiger partial charge on any atom is 0.332 e. The molecule has 4 heteroatoms. The Labute approximate surface area is 110 Å². The lowest BCUT2D eigenvalue weighted by molar-refractivity contribution is -0.0893. The first-order valence-electron chi connectivity index (χ1n) is 6.49. The maximum atomic E-state index is 9.99. The predicted molar refractivity (Wildman–Crippen MR) is 73.1 cm³/mol. The van der Waals surface area contributed by atoms with E-state index in [-0.39, 0.29) is 0 Å². The zero-order valence-electron chi connectivity index (χ0n) is 11.6. The number of hydrogen-bond donors (Lipinski definition) is 1. The van der Waals surface area contributed by atoms with Gasteiger partial charge in [-0.2, -0.15) is 0 Å². The van der Waals surface area contributed by atoms with Crippen LogP contribution in [0.5, 0.6) is 0 Å². The molecule has 1 radical (unpaired) electrons. The minimum absolute atomic E-state index is 0.637. The van der Waals surface area contributed by atoms with Crippen LogP contribution in [0, 0.1) is 0 Å². The average Bonchev–Trinajstić information content (AvgIpc) is 3.09. The lowest BCUT2D eigenvalue weighted by Gasteiger charge is -2.37. The van der Waals surface area contributed by atoms with Crippen LogP contribution in [0.3, 0.4) is 0 Å². The fraction of sp³-hybridized carbons (Fsp3) is 0.643. The highest BCUT2D eigenvalue weighted by Gasteiger charge is 2.35. The molecule has 0 saturated heterocycles. The van der Waals surface area contributed by atoms with E-state index in [9.17, 15) is 5.11 Å². The van der Waals surface area contributed by atoms with Crippen molar-refractivity contribution in [3.63, 3.8) is 0 Å². The molecule has 18 heavy (non-hydrogen) atoms. The van der Waals surface area contributed by atoms with Crippen molar-refractivity contribution in [2.75, 3.05) is 0 Å². The fourth-order valence-corrected chi connectivity index (χ4v) is 1.47. The van der Waals surface area contributed by atoms with Crippen molar-refractivity contribution in [2.24, 2.45) is 0 Å². The molecular weight excluding hydrogens is 225 g/mol. The van der Waals surface area contributed by atoms with Crippen LogP contribution in [0.1, 0.15) is 52.1 Å². The molecule has 1 heterocycles. The van der Waals surface area contributed by atoms with E-state index >= 15 is 0 Å². The lowest BCUT2D eigenvalue weighted by atomic mass is 9.83. The Morgan fingerprint density at radius 1 is 1.28 bits per heavy atom. The van der Waals surface area contributed by atoms with Crippen LogP contribution in [0.4, 0.5) is 0 Å². The van der Waals surface area contributed by atoms with Crippen molar-refractivity contribution >= 4 is 12.9 Å². The minimum Gasteiger partial charge on any atom is -0.427 e. The Bertz CT molecular complexity index is 405. The quantitative estimate of drug-likeness (QED) is 0.805. The Balaban J connectivity index is 1.93. The Kier molecular flexibility index (Phi) is 3.52. The molecule has 1 fully saturated rings. The van der Waals surface area contributed by atoms with Gasteiger partial charge in [-0.3, -0.25) is 4.98 Å². The topological polar surface area (TPSA) is 42.4 Å². The van der Waals surface area contributed by atoms with Gasteiger partial charge in [0, 0.05) is 17.8 Å². The summed E-state index contributed by atoms with van der Waals surface area (Å²) in [5.41, 5.74) is 0.568. The normalized spacial score (nSPS) is 16.7. The monoisotopic (exact) mass is 246 g/mol. The van der Waals surface area contributed by atoms with Crippen LogP contribution >= 0.6 is 0 Å². The van der Waals surface area contributed by atoms with Crippen LogP contribution in [0.15, 0.2) is 18.3 Å². The number of hydrogen-bond acceptors (Lipinski definition) is 3. The minimum atomic E-state index is -0.898. The summed E-state index contributed by atoms with van der Waals surface area (Å²) in [6, 6.07) is 4.07. The van der Waals surface area contributed by atoms with Crippen molar-refractivity contribution < 1.29 is 9.76 Å². The van der Waals surface area contributed by atoms with Gasteiger partial charge in [0.05, 0.1) is 11.2 Å². The van der Waals surface area contributed by atoms with Crippen molar-refractivity contribution in [3.8, 4) is 0 Å². The first kappa shape index (κ1) is 13.6. The highest BCUT2D eigenvalue weighted by molar-refractivity contribution is 6.46. The first-order valence-corrected chi connectivity index (χ1v) is 6.49. The molecule has 3 nitrogen and oxygen atoms in total. The summed E-state index contributed by atoms with van der Waals surface area (Å²) >= 11 is 0. The molecule has 1 aromatic rings. The van der Waals surface area contributed by atoms with Crippen LogP contribution in [-0.4, -0.2) is 28.8 Å². The van der Waals surface area contributed by atoms with E-state index in [1.54, 1.807) is 21.3 Å². The van der Waals surface area contributed by atoms with Crippen LogP contribution in [0.2, 0.25) is 0 Å². The Hall–Kier alpha value is -0.865. The summed E-state index contributed by atoms with van der Waals surface area (Å²) in [4.78, 5) is 4.43. The van der Waals surface area contributed by atoms with E-state index in [1.807, 2.05) is 26.1 Å². The molecule has 0 bridgehead atoms. The van der Waals surface area contributed by atoms with Gasteiger partial charge in [-0.05, 0) is 52.1 Å². The first-order chi connectivity index (χ1) is 8.29. The molecule has 0 atom stereocenters. The number of pyridine rings is 1. The SMILES string of the molecule is CC(C)(O)C(C)(C)O[B]c1ccc(C2CC2)nc1. The molecule has 0 unspecified atom stereocenters. The standard InChI is InChI=1S/C14H21BNO2/c1-13(2,17)14(3,4)18-15-11-7-8-12(16-9-11)10-5-6-10/h7-10,17H,5-6H2,1-4H3. The molecule has 1 aliphatic carbocycles. The molecule has 1 aromatic heterocycles. The summed E-state index contributed by atoms with van der Waals surface area (Å²) < 4.78 is 5.68. The summed E-state index contributed by atoms with van der Waals surface area (Å²) in [7, 11) is 1.67. The van der Waals surface area contributed by atoms with Crippen LogP contribution < -0.4 is 5.46 Å². The molecule has 97 valence electrons. The van der Waals surface area contributed by atoms with E-state index in [2.05, 4.69) is 11.1 Å². The van der Waals surface area contributed by atoms with Gasteiger partial charge in [0.25, 0.3) is 0 Å². The molecule has 0 aliphatic heterocycles. The van der Waals surface area contributed by atoms with E-state index in [1.165, 1.54) is 18.5 Å². The smallest absolute Gasteiger partial charge is 0.332 e. The van der Waals surface area contributed by atoms with Gasteiger partial charge in [0.2, 0.25) is 0 Å². The third kappa shape index (κ3) is 3.12. The molecule has 0 spiro atoms. The number of rotatable bonds is 5. The summed E-state index contributed by atoms with van der Waals surface area (Å²) in [5, 5.41) is 9.99. The third-order valence-corrected chi connectivity index (χ3v) is 3.77. The van der Waals surface area contributed by atoms with Crippen molar-refractivity contribution in [1.29, 1.82) is 0 Å². The van der Waals surface area contributed by atoms with Crippen LogP contribution in [0.25, 0.3) is 0 Å². The van der Waals surface area contributed by atoms with Crippen LogP contribution in [-0.2, 0) is 4.65 Å². The Morgan fingerprint density at radius 2 is 1.94 bits per heavy atom. The predicted octanol–water partition coefficient (Wildman–Crippen LogP) is 1.77. The zero-order chi connectivity index (χ0) is 13.4. The largest absolute Gasteiger partial charge is 0.427 e. The van der Waals surface area contributed by atoms with E-state index in [4.69, 9.17) is 4.65 Å². The number of aliphatic hydroxyl groups is 1. The average molecular weight is 246 g/mol. The fourth-order valence-electron chi connectivity index (χ4n) is 1.47. The van der Waals surface area contributed by atoms with Gasteiger partial charge >= 0.3 is 7.48 Å². The summed E-state index contributed by atoms with van der Waals surface area (Å²) in [5.74, 6) is 0.674. The van der Waals surface area contributed by atoms with Gasteiger partial charge in [0.15, 0.2) is 0 Å². The lowest BCUT2D eigenvalue weighted by Crippen LogP contribution is -2.49. The molecule has 0 aromatic carbocycles. The van der Waals surface area contributed by atoms with Crippen molar-refractivity contribution in [2.45, 2.75) is 57.7 Å². The molecule has 1 N–H and O–H groups in total. The number of aromatic nitrogens is 1. The van der Waals surface area contributed by atoms with Crippen molar-refractivity contribution in [1.82, 2.24) is 4.98 Å². The highest BCUT2D eigenvalue weighted by Crippen LogP contribution is 2.38. The molecular formula is C14H21BNO2. The highest BCUT2D eigenvalue weighted by atomic mass is 16.5. The van der Waals surface area contributed by atoms with E-state index < -0.39 is 11.2 Å². The second kappa shape index (κ2) is 4.67. The van der Waals surface area contributed by atoms with Gasteiger partial charge in [-0.15, -0.1) is 0 Å². The summed E-state index contributed by atoms with van der Waals surface area (Å²) in [6.45, 7) is 7.23. The third-order valence-electron chi connectivity index (χ3n) is 3.77. The maximum absolute atomic E-state index is 9.99. The molecule has 1 aliphatic rings. The van der Waals surface area contributed by atoms with E-state index in [0.29, 0.717) is 5.92 Å². The Morgan fingerprint density at radius 3 is 2.39 bits per heavy atom. The van der Waals surface area contributed by atoms with E-state index in [0.717, 1.165) is 5.46 Å². The summed E-state index contributed by atoms with van der Waals surface area (Å²) in [6.07, 6.45) is 4.35. The molecule has 2 rings (SSSR count). The molecule has 0 amide bonds. The second-order valence-corrected chi connectivity index (χ2v) is 6.10. The van der Waals surface area contributed by atoms with Gasteiger partial charge in [-0.25, -0.2) is 0 Å². The van der Waals surface area contributed by atoms with Gasteiger partial charge in [-0.1, -0.05) is 6.07 Å². The second-order valence-electron chi connectivity index (χ2n) is 6.10. The van der Waals surface area contributed by atoms with Gasteiger partial charge in [0.1, 0.15) is 0 Å². The molecule has 1 saturated carbocycles. The number of nitrogens with zero attached hydrogens (tertiary/aromatic N) is 1. The van der Waals surface area contributed by atoms with Gasteiger partial charge < -0.3 is 9.76 Å². The zero-order valence-corrected chi connectivity index (χ0v) is 11.6. The van der Waals surface area contributed by atoms with Crippen molar-refractivity contribution in [3.05, 3.63) is 24.0 Å².